The molecule has 8 heterocycles. The number of carbonyl (C=O) groups is 6. The van der Waals surface area contributed by atoms with Gasteiger partial charge in [-0.2, -0.15) is 0 Å². The van der Waals surface area contributed by atoms with Crippen LogP contribution in [0.2, 0.25) is 0 Å². The van der Waals surface area contributed by atoms with E-state index in [2.05, 4.69) is 362 Å². The predicted octanol–water partition coefficient (Wildman–Crippen LogP) is 24.1. The fourth-order valence-corrected chi connectivity index (χ4v) is 19.8. The number of rotatable bonds is 19. The number of fused-ring (bicyclic) bond motifs is 9. The van der Waals surface area contributed by atoms with Crippen LogP contribution < -0.4 is 37.6 Å². The number of aliphatic carboxylic acids is 1. The summed E-state index contributed by atoms with van der Waals surface area (Å²) in [7, 11) is 0. The normalized spacial score (nSPS) is 15.5. The Morgan fingerprint density at radius 1 is 0.345 bits per heavy atom. The highest BCUT2D eigenvalue weighted by molar-refractivity contribution is 5.87. The molecule has 0 fully saturated rings. The second-order valence-electron chi connectivity index (χ2n) is 46.0. The van der Waals surface area contributed by atoms with Gasteiger partial charge < -0.3 is 62.3 Å². The summed E-state index contributed by atoms with van der Waals surface area (Å²) in [6.07, 6.45) is 7.62. The van der Waals surface area contributed by atoms with Gasteiger partial charge in [0.2, 0.25) is 23.6 Å². The molecule has 19 nitrogen and oxygen atoms in total. The lowest BCUT2D eigenvalue weighted by atomic mass is 9.85. The molecule has 0 atom stereocenters. The van der Waals surface area contributed by atoms with Gasteiger partial charge in [-0.05, 0) is 291 Å². The van der Waals surface area contributed by atoms with Crippen molar-refractivity contribution < 1.29 is 44.1 Å². The molecule has 4 amide bonds. The molecule has 19 heteroatoms. The Morgan fingerprint density at radius 2 is 0.689 bits per heavy atom. The van der Waals surface area contributed by atoms with E-state index >= 15 is 0 Å². The van der Waals surface area contributed by atoms with Crippen molar-refractivity contribution in [3.63, 3.8) is 0 Å². The molecule has 10 aromatic carbocycles. The SMILES string of the molecule is CC(C)c1ccc2c(c1)C(C)(C)CN2.CC(C)c1ccc2c(c1)CC(=O)N(CC(=O)O)C2.CC(C)c1ccc2c(c1)CC(=O)N(CC(N)=O)C2.CC(C)c1ccc2c(c1)CC(=O)N(CCO)C2.CC(C)c1ccc2c(c1)CCC2(C)C.CC(C)c1ccc2c(c1)CCNC2.CC(C)c1ccc2c(c1)CCNC2.CC(C)c1ccc2c(c1)CNCC2.CC(C)c1ccc2c(c1)CNCN2.Cc1ccc(C(C)C)cc1CC(=O)CO. The van der Waals surface area contributed by atoms with Gasteiger partial charge in [-0.1, -0.05) is 336 Å². The number of Topliss-reactive ketones (excluding diaryl/α,β-unsaturated/α-hetero) is 1. The lowest BCUT2D eigenvalue weighted by molar-refractivity contribution is -0.145. The molecule has 148 heavy (non-hydrogen) atoms. The Labute approximate surface area is 887 Å². The molecule has 0 saturated heterocycles. The number of ketones is 1. The minimum Gasteiger partial charge on any atom is -0.480 e. The molecule has 798 valence electrons. The van der Waals surface area contributed by atoms with Crippen LogP contribution in [0.1, 0.15) is 388 Å². The Kier molecular flexibility index (Phi) is 44.7. The Balaban J connectivity index is 0.000000169. The van der Waals surface area contributed by atoms with Crippen LogP contribution in [-0.2, 0) is 137 Å². The number of amides is 4. The highest BCUT2D eigenvalue weighted by atomic mass is 16.4. The summed E-state index contributed by atoms with van der Waals surface area (Å²) in [5.41, 5.74) is 46.1. The number of benzene rings is 10. The van der Waals surface area contributed by atoms with Crippen LogP contribution in [0.25, 0.3) is 0 Å². The molecular weight excluding hydrogens is 1830 g/mol. The van der Waals surface area contributed by atoms with Crippen LogP contribution in [0.3, 0.4) is 0 Å². The van der Waals surface area contributed by atoms with Crippen molar-refractivity contribution in [3.8, 4) is 0 Å². The molecule has 11 N–H and O–H groups in total. The molecule has 0 saturated carbocycles. The standard InChI is InChI=1S/C14H18N2O2.C14H17NO3.C14H19NO2.C14H20.C13H19N.C13H18O2.3C12H17N.C11H16N2/c1-9(2)10-3-4-11-7-16(8-13(15)17)14(18)6-12(11)5-10;1-9(2)10-3-4-11-7-15(8-14(17)18)13(16)6-12(11)5-10;1-10(2)11-3-4-12-9-15(5-6-16)14(17)8-13(12)7-11;1-10(2)11-5-6-13-12(9-11)7-8-14(13,3)4;1-9(2)10-5-6-12-11(7-10)13(3,4)8-14-12;1-9(2)11-5-4-10(3)12(6-11)7-13(15)8-14;2*1-9(2)10-3-4-12-8-13-6-5-11(12)7-10;1-9(2)11-4-3-10-5-6-13-8-12(10)7-11;1-8(2)9-3-4-11-10(5-9)6-12-7-13-11/h3-5,9H,6-8H2,1-2H3,(H2,15,17);3-5,9H,6-8H2,1-2H3,(H,17,18);3-4,7,10,16H,5-6,8-9H2,1-2H3;5-6,9-10H,7-8H2,1-4H3;5-7,9,14H,8H2,1-4H3;4-6,9,14H,7-8H2,1-3H3;3*3-4,7,9,13H,5-6,8H2,1-2H3;3-5,8,12-13H,6-7H2,1-2H3. The van der Waals surface area contributed by atoms with Crippen molar-refractivity contribution >= 4 is 46.8 Å². The molecule has 0 spiro atoms. The Hall–Kier alpha value is -11.4. The fourth-order valence-electron chi connectivity index (χ4n) is 19.8. The van der Waals surface area contributed by atoms with Crippen molar-refractivity contribution in [2.75, 3.05) is 76.3 Å². The summed E-state index contributed by atoms with van der Waals surface area (Å²) in [5.74, 6) is 4.12. The van der Waals surface area contributed by atoms with Gasteiger partial charge in [0, 0.05) is 82.1 Å². The van der Waals surface area contributed by atoms with Crippen molar-refractivity contribution in [3.05, 3.63) is 338 Å². The van der Waals surface area contributed by atoms with Crippen LogP contribution in [-0.4, -0.2) is 131 Å². The van der Waals surface area contributed by atoms with E-state index in [-0.39, 0.29) is 49.8 Å². The lowest BCUT2D eigenvalue weighted by Gasteiger charge is -2.28. The molecule has 0 bridgehead atoms. The predicted molar refractivity (Wildman–Crippen MR) is 612 cm³/mol. The average Bonchev–Trinajstić information content (AvgIpc) is 1.65. The second-order valence-corrected chi connectivity index (χ2v) is 46.0. The first-order valence-corrected chi connectivity index (χ1v) is 54.8. The van der Waals surface area contributed by atoms with Gasteiger partial charge in [-0.3, -0.25) is 34.1 Å². The third-order valence-electron chi connectivity index (χ3n) is 30.1. The summed E-state index contributed by atoms with van der Waals surface area (Å²) in [4.78, 5) is 72.9. The molecular formula is C129H178N10O9. The van der Waals surface area contributed by atoms with E-state index < -0.39 is 11.9 Å². The molecule has 8 aliphatic heterocycles. The van der Waals surface area contributed by atoms with Crippen LogP contribution in [0, 0.1) is 6.92 Å². The number of anilines is 2. The minimum atomic E-state index is -0.967. The lowest BCUT2D eigenvalue weighted by Crippen LogP contribution is -2.41. The molecule has 0 unspecified atom stereocenters. The van der Waals surface area contributed by atoms with Crippen molar-refractivity contribution in [2.24, 2.45) is 5.73 Å². The van der Waals surface area contributed by atoms with Gasteiger partial charge in [0.05, 0.1) is 39.1 Å². The second kappa shape index (κ2) is 55.9. The smallest absolute Gasteiger partial charge is 0.323 e. The number of nitrogens with one attached hydrogen (secondary N) is 6. The number of carboxylic acids is 1. The van der Waals surface area contributed by atoms with Gasteiger partial charge in [-0.15, -0.1) is 0 Å². The van der Waals surface area contributed by atoms with Crippen LogP contribution in [0.15, 0.2) is 182 Å². The molecule has 9 aliphatic rings. The number of aryl methyl sites for hydroxylation is 2. The first kappa shape index (κ1) is 118. The summed E-state index contributed by atoms with van der Waals surface area (Å²) in [6, 6.07) is 66.2. The van der Waals surface area contributed by atoms with Crippen molar-refractivity contribution in [2.45, 2.75) is 347 Å². The molecule has 19 rings (SSSR count). The van der Waals surface area contributed by atoms with E-state index in [4.69, 9.17) is 21.1 Å². The van der Waals surface area contributed by atoms with E-state index in [1.165, 1.54) is 148 Å². The third-order valence-corrected chi connectivity index (χ3v) is 30.1. The van der Waals surface area contributed by atoms with Gasteiger partial charge in [-0.25, -0.2) is 0 Å². The Morgan fingerprint density at radius 3 is 1.12 bits per heavy atom. The zero-order valence-electron chi connectivity index (χ0n) is 94.2. The number of aliphatic hydroxyl groups is 2. The van der Waals surface area contributed by atoms with E-state index in [9.17, 15) is 28.8 Å². The number of primary amides is 1. The van der Waals surface area contributed by atoms with Crippen LogP contribution >= 0.6 is 0 Å². The van der Waals surface area contributed by atoms with Gasteiger partial charge in [0.15, 0.2) is 5.78 Å². The molecule has 0 radical (unpaired) electrons. The highest BCUT2D eigenvalue weighted by Gasteiger charge is 2.33. The number of aliphatic hydroxyl groups excluding tert-OH is 2. The number of nitrogens with zero attached hydrogens (tertiary/aromatic N) is 3. The topological polar surface area (TPSA) is 271 Å². The molecule has 0 aromatic heterocycles. The maximum Gasteiger partial charge on any atom is 0.323 e. The number of hydrogen-bond acceptors (Lipinski definition) is 14. The van der Waals surface area contributed by atoms with Crippen molar-refractivity contribution in [1.82, 2.24) is 36.0 Å². The zero-order valence-corrected chi connectivity index (χ0v) is 94.2. The summed E-state index contributed by atoms with van der Waals surface area (Å²) in [5, 5.41) is 46.6. The van der Waals surface area contributed by atoms with E-state index in [0.717, 1.165) is 98.0 Å². The van der Waals surface area contributed by atoms with Crippen LogP contribution in [0.4, 0.5) is 11.4 Å². The minimum absolute atomic E-state index is 0.00417. The fraction of sp³-hybridized carbons (Fsp3) is 0.488. The van der Waals surface area contributed by atoms with E-state index in [1.807, 2.05) is 25.1 Å². The average molecular weight is 2010 g/mol. The largest absolute Gasteiger partial charge is 0.480 e. The quantitative estimate of drug-likeness (QED) is 0.0361. The zero-order chi connectivity index (χ0) is 108. The summed E-state index contributed by atoms with van der Waals surface area (Å²) < 4.78 is 0. The number of β-amino-alcohol motifs (C(OH)–C–C–N with tert-alkyl or cyclic N) is 1. The summed E-state index contributed by atoms with van der Waals surface area (Å²) >= 11 is 0. The molecule has 1 aliphatic carbocycles. The monoisotopic (exact) mass is 2010 g/mol. The van der Waals surface area contributed by atoms with Crippen molar-refractivity contribution in [1.29, 1.82) is 0 Å². The van der Waals surface area contributed by atoms with E-state index in [0.29, 0.717) is 122 Å². The number of carboxylic acid groups (broad SMARTS) is 1. The first-order chi connectivity index (χ1) is 70.2. The maximum atomic E-state index is 11.9. The van der Waals surface area contributed by atoms with Gasteiger partial charge >= 0.3 is 5.97 Å². The van der Waals surface area contributed by atoms with E-state index in [1.54, 1.807) is 27.2 Å². The number of nitrogens with two attached hydrogens (primary N) is 1. The van der Waals surface area contributed by atoms with Gasteiger partial charge in [0.1, 0.15) is 13.2 Å². The third kappa shape index (κ3) is 34.6. The molecule has 10 aromatic rings. The van der Waals surface area contributed by atoms with Gasteiger partial charge in [0.25, 0.3) is 0 Å². The summed E-state index contributed by atoms with van der Waals surface area (Å²) in [6.45, 7) is 66.2. The first-order valence-electron chi connectivity index (χ1n) is 54.8. The highest BCUT2D eigenvalue weighted by Crippen LogP contribution is 2.41. The maximum absolute atomic E-state index is 11.9. The number of hydrogen-bond donors (Lipinski definition) is 10. The van der Waals surface area contributed by atoms with Crippen LogP contribution in [0.5, 0.6) is 0 Å². The number of carbonyl (C=O) groups excluding carboxylic acids is 5. The Bertz CT molecular complexity index is 5770.